The van der Waals surface area contributed by atoms with E-state index in [9.17, 15) is 4.79 Å². The molecule has 0 unspecified atom stereocenters. The Labute approximate surface area is 141 Å². The molecule has 6 heteroatoms. The largest absolute Gasteiger partial charge is 0.358 e. The van der Waals surface area contributed by atoms with Crippen LogP contribution in [0.15, 0.2) is 29.1 Å². The van der Waals surface area contributed by atoms with E-state index in [0.29, 0.717) is 24.0 Å². The fourth-order valence-corrected chi connectivity index (χ4v) is 3.21. The molecular formula is C17H22N4OS. The highest BCUT2D eigenvalue weighted by atomic mass is 32.1. The summed E-state index contributed by atoms with van der Waals surface area (Å²) >= 11 is 5.41. The van der Waals surface area contributed by atoms with Gasteiger partial charge in [0.05, 0.1) is 17.9 Å². The number of anilines is 1. The van der Waals surface area contributed by atoms with Crippen molar-refractivity contribution in [3.8, 4) is 5.69 Å². The molecule has 23 heavy (non-hydrogen) atoms. The lowest BCUT2D eigenvalue weighted by Gasteiger charge is -2.34. The molecule has 2 aromatic rings. The van der Waals surface area contributed by atoms with Crippen LogP contribution in [0.4, 0.5) is 5.82 Å². The maximum absolute atomic E-state index is 12.4. The Kier molecular flexibility index (Phi) is 4.37. The summed E-state index contributed by atoms with van der Waals surface area (Å²) in [6, 6.07) is 8.54. The molecule has 2 N–H and O–H groups in total. The van der Waals surface area contributed by atoms with E-state index in [0.717, 1.165) is 29.1 Å². The maximum Gasteiger partial charge on any atom is 0.258 e. The number of benzene rings is 1. The van der Waals surface area contributed by atoms with Crippen molar-refractivity contribution >= 4 is 18.0 Å². The summed E-state index contributed by atoms with van der Waals surface area (Å²) in [7, 11) is 0. The fourth-order valence-electron chi connectivity index (χ4n) is 2.92. The van der Waals surface area contributed by atoms with Crippen LogP contribution in [-0.2, 0) is 6.54 Å². The average Bonchev–Trinajstić information content (AvgIpc) is 2.54. The quantitative estimate of drug-likeness (QED) is 0.849. The topological polar surface area (TPSA) is 53.1 Å². The zero-order chi connectivity index (χ0) is 16.6. The van der Waals surface area contributed by atoms with E-state index < -0.39 is 0 Å². The summed E-state index contributed by atoms with van der Waals surface area (Å²) in [6.07, 6.45) is 1.05. The standard InChI is InChI=1S/C17H22N4OS/c1-4-12(3)20-9-14-15(18-10-20)21(17(23)19-16(14)22)13-7-5-6-11(2)8-13/h5-8,12,18H,4,9-10H2,1-3H3,(H,19,22,23)/t12-/m1/s1. The van der Waals surface area contributed by atoms with Gasteiger partial charge in [-0.15, -0.1) is 0 Å². The Balaban J connectivity index is 2.14. The summed E-state index contributed by atoms with van der Waals surface area (Å²) < 4.78 is 2.34. The minimum Gasteiger partial charge on any atom is -0.358 e. The second kappa shape index (κ2) is 6.29. The van der Waals surface area contributed by atoms with Gasteiger partial charge in [0.2, 0.25) is 0 Å². The molecule has 0 radical (unpaired) electrons. The number of nitrogens with zero attached hydrogens (tertiary/aromatic N) is 2. The zero-order valence-corrected chi connectivity index (χ0v) is 14.5. The highest BCUT2D eigenvalue weighted by Crippen LogP contribution is 2.24. The van der Waals surface area contributed by atoms with Crippen LogP contribution in [0.3, 0.4) is 0 Å². The average molecular weight is 330 g/mol. The van der Waals surface area contributed by atoms with Gasteiger partial charge in [0.25, 0.3) is 5.56 Å². The van der Waals surface area contributed by atoms with E-state index in [1.54, 1.807) is 0 Å². The summed E-state index contributed by atoms with van der Waals surface area (Å²) in [6.45, 7) is 7.73. The molecule has 1 aliphatic rings. The van der Waals surface area contributed by atoms with Gasteiger partial charge in [-0.25, -0.2) is 0 Å². The highest BCUT2D eigenvalue weighted by Gasteiger charge is 2.24. The maximum atomic E-state index is 12.4. The Morgan fingerprint density at radius 1 is 1.39 bits per heavy atom. The number of aromatic nitrogens is 2. The van der Waals surface area contributed by atoms with Gasteiger partial charge < -0.3 is 5.32 Å². The summed E-state index contributed by atoms with van der Waals surface area (Å²) in [5.41, 5.74) is 2.76. The molecule has 0 spiro atoms. The number of nitrogens with one attached hydrogen (secondary N) is 2. The van der Waals surface area contributed by atoms with Crippen molar-refractivity contribution in [2.24, 2.45) is 0 Å². The molecule has 0 aliphatic carbocycles. The molecule has 1 atom stereocenters. The number of rotatable bonds is 3. The van der Waals surface area contributed by atoms with Crippen molar-refractivity contribution in [2.45, 2.75) is 39.8 Å². The lowest BCUT2D eigenvalue weighted by atomic mass is 10.1. The van der Waals surface area contributed by atoms with Crippen LogP contribution in [0.1, 0.15) is 31.4 Å². The second-order valence-electron chi connectivity index (χ2n) is 6.10. The third-order valence-electron chi connectivity index (χ3n) is 4.49. The lowest BCUT2D eigenvalue weighted by Crippen LogP contribution is -2.43. The second-order valence-corrected chi connectivity index (χ2v) is 6.49. The smallest absolute Gasteiger partial charge is 0.258 e. The van der Waals surface area contributed by atoms with Crippen LogP contribution >= 0.6 is 12.2 Å². The van der Waals surface area contributed by atoms with E-state index in [4.69, 9.17) is 12.2 Å². The van der Waals surface area contributed by atoms with E-state index in [1.165, 1.54) is 0 Å². The van der Waals surface area contributed by atoms with E-state index >= 15 is 0 Å². The van der Waals surface area contributed by atoms with E-state index in [-0.39, 0.29) is 5.56 Å². The van der Waals surface area contributed by atoms with Crippen molar-refractivity contribution in [2.75, 3.05) is 12.0 Å². The molecule has 2 heterocycles. The van der Waals surface area contributed by atoms with Gasteiger partial charge in [-0.1, -0.05) is 19.1 Å². The van der Waals surface area contributed by atoms with Gasteiger partial charge in [-0.3, -0.25) is 19.2 Å². The normalized spacial score (nSPS) is 15.8. The first-order chi connectivity index (χ1) is 11.0. The molecular weight excluding hydrogens is 308 g/mol. The van der Waals surface area contributed by atoms with E-state index in [1.807, 2.05) is 29.7 Å². The SMILES string of the molecule is CC[C@@H](C)N1CNc2c(c(=O)[nH]c(=S)n2-c2cccc(C)c2)C1. The van der Waals surface area contributed by atoms with Crippen LogP contribution in [0.2, 0.25) is 0 Å². The fraction of sp³-hybridized carbons (Fsp3) is 0.412. The minimum absolute atomic E-state index is 0.102. The van der Waals surface area contributed by atoms with Crippen LogP contribution in [0, 0.1) is 11.7 Å². The van der Waals surface area contributed by atoms with Crippen molar-refractivity contribution in [3.05, 3.63) is 50.5 Å². The van der Waals surface area contributed by atoms with Gasteiger partial charge >= 0.3 is 0 Å². The molecule has 0 saturated carbocycles. The third kappa shape index (κ3) is 2.96. The van der Waals surface area contributed by atoms with Crippen LogP contribution < -0.4 is 10.9 Å². The molecule has 1 aromatic carbocycles. The third-order valence-corrected chi connectivity index (χ3v) is 4.78. The summed E-state index contributed by atoms with van der Waals surface area (Å²) in [4.78, 5) is 17.5. The molecule has 3 rings (SSSR count). The lowest BCUT2D eigenvalue weighted by molar-refractivity contribution is 0.200. The number of hydrogen-bond acceptors (Lipinski definition) is 4. The van der Waals surface area contributed by atoms with E-state index in [2.05, 4.69) is 35.1 Å². The predicted molar refractivity (Wildman–Crippen MR) is 95.7 cm³/mol. The number of hydrogen-bond donors (Lipinski definition) is 2. The number of aromatic amines is 1. The van der Waals surface area contributed by atoms with Crippen LogP contribution in [-0.4, -0.2) is 27.2 Å². The molecule has 1 aliphatic heterocycles. The van der Waals surface area contributed by atoms with Crippen molar-refractivity contribution in [3.63, 3.8) is 0 Å². The molecule has 0 fully saturated rings. The van der Waals surface area contributed by atoms with Gasteiger partial charge in [0.15, 0.2) is 4.77 Å². The molecule has 5 nitrogen and oxygen atoms in total. The minimum atomic E-state index is -0.102. The Hall–Kier alpha value is -1.92. The molecule has 1 aromatic heterocycles. The summed E-state index contributed by atoms with van der Waals surface area (Å²) in [5, 5.41) is 3.40. The first kappa shape index (κ1) is 16.0. The monoisotopic (exact) mass is 330 g/mol. The predicted octanol–water partition coefficient (Wildman–Crippen LogP) is 3.19. The van der Waals surface area contributed by atoms with Crippen LogP contribution in [0.5, 0.6) is 0 Å². The van der Waals surface area contributed by atoms with Crippen molar-refractivity contribution in [1.82, 2.24) is 14.5 Å². The summed E-state index contributed by atoms with van der Waals surface area (Å²) in [5.74, 6) is 0.809. The zero-order valence-electron chi connectivity index (χ0n) is 13.7. The molecule has 0 bridgehead atoms. The Morgan fingerprint density at radius 2 is 2.17 bits per heavy atom. The molecule has 122 valence electrons. The van der Waals surface area contributed by atoms with Gasteiger partial charge in [0, 0.05) is 12.6 Å². The molecule has 0 saturated heterocycles. The van der Waals surface area contributed by atoms with Gasteiger partial charge in [-0.2, -0.15) is 0 Å². The first-order valence-corrected chi connectivity index (χ1v) is 8.35. The van der Waals surface area contributed by atoms with Crippen molar-refractivity contribution in [1.29, 1.82) is 0 Å². The highest BCUT2D eigenvalue weighted by molar-refractivity contribution is 7.71. The Morgan fingerprint density at radius 3 is 2.87 bits per heavy atom. The van der Waals surface area contributed by atoms with Crippen LogP contribution in [0.25, 0.3) is 5.69 Å². The van der Waals surface area contributed by atoms with Gasteiger partial charge in [0.1, 0.15) is 5.82 Å². The number of H-pyrrole nitrogens is 1. The first-order valence-electron chi connectivity index (χ1n) is 7.94. The molecule has 0 amide bonds. The van der Waals surface area contributed by atoms with Crippen molar-refractivity contribution < 1.29 is 0 Å². The van der Waals surface area contributed by atoms with Gasteiger partial charge in [-0.05, 0) is 50.2 Å². The number of fused-ring (bicyclic) bond motifs is 1. The number of aryl methyl sites for hydroxylation is 1. The Bertz CT molecular complexity index is 839.